The number of hydrogen-bond donors (Lipinski definition) is 1. The summed E-state index contributed by atoms with van der Waals surface area (Å²) in [5, 5.41) is 3.96. The van der Waals surface area contributed by atoms with Crippen molar-refractivity contribution in [3.05, 3.63) is 64.7 Å². The Morgan fingerprint density at radius 3 is 1.96 bits per heavy atom. The molecule has 2 aromatic rings. The Kier molecular flexibility index (Phi) is 6.11. The van der Waals surface area contributed by atoms with Crippen LogP contribution in [-0.4, -0.2) is 32.5 Å². The molecule has 0 spiro atoms. The van der Waals surface area contributed by atoms with E-state index in [0.717, 1.165) is 6.26 Å². The molecule has 27 heavy (non-hydrogen) atoms. The molecule has 0 saturated carbocycles. The van der Waals surface area contributed by atoms with Crippen LogP contribution < -0.4 is 9.61 Å². The van der Waals surface area contributed by atoms with Gasteiger partial charge in [0.1, 0.15) is 5.75 Å². The number of hydrazone groups is 1. The number of benzene rings is 2. The number of amides is 1. The SMILES string of the molecule is CS(=O)(=O)Oc1ccc(/C(=N/NC(=O)C(F)(F)F)c2ccc(Cl)cc2)cc1. The normalized spacial score (nSPS) is 12.6. The fourth-order valence-corrected chi connectivity index (χ4v) is 2.50. The summed E-state index contributed by atoms with van der Waals surface area (Å²) in [5.41, 5.74) is 2.14. The number of rotatable bonds is 5. The molecule has 0 aliphatic rings. The maximum atomic E-state index is 12.4. The van der Waals surface area contributed by atoms with Gasteiger partial charge in [-0.05, 0) is 36.4 Å². The molecule has 0 radical (unpaired) electrons. The molecular formula is C16H12ClF3N2O4S. The van der Waals surface area contributed by atoms with Crippen LogP contribution in [0.4, 0.5) is 13.2 Å². The first-order chi connectivity index (χ1) is 12.5. The summed E-state index contributed by atoms with van der Waals surface area (Å²) in [5.74, 6) is -2.22. The van der Waals surface area contributed by atoms with Gasteiger partial charge in [0.15, 0.2) is 0 Å². The van der Waals surface area contributed by atoms with Gasteiger partial charge < -0.3 is 4.18 Å². The van der Waals surface area contributed by atoms with E-state index in [9.17, 15) is 26.4 Å². The molecule has 0 aromatic heterocycles. The Labute approximate surface area is 157 Å². The number of carbonyl (C=O) groups excluding carboxylic acids is 1. The lowest BCUT2D eigenvalue weighted by Crippen LogP contribution is -2.34. The summed E-state index contributed by atoms with van der Waals surface area (Å²) in [4.78, 5) is 11.0. The Balaban J connectivity index is 2.40. The largest absolute Gasteiger partial charge is 0.473 e. The van der Waals surface area contributed by atoms with Gasteiger partial charge in [0, 0.05) is 16.1 Å². The predicted molar refractivity (Wildman–Crippen MR) is 93.2 cm³/mol. The zero-order valence-electron chi connectivity index (χ0n) is 13.6. The summed E-state index contributed by atoms with van der Waals surface area (Å²) in [6, 6.07) is 11.4. The van der Waals surface area contributed by atoms with E-state index in [1.807, 2.05) is 0 Å². The van der Waals surface area contributed by atoms with Crippen molar-refractivity contribution >= 4 is 33.3 Å². The van der Waals surface area contributed by atoms with Crippen molar-refractivity contribution in [2.75, 3.05) is 6.26 Å². The van der Waals surface area contributed by atoms with Gasteiger partial charge in [-0.1, -0.05) is 23.7 Å². The van der Waals surface area contributed by atoms with Crippen molar-refractivity contribution in [3.63, 3.8) is 0 Å². The minimum Gasteiger partial charge on any atom is -0.383 e. The molecule has 0 bridgehead atoms. The molecule has 0 fully saturated rings. The smallest absolute Gasteiger partial charge is 0.383 e. The second-order valence-corrected chi connectivity index (χ2v) is 7.23. The quantitative estimate of drug-likeness (QED) is 0.457. The molecule has 11 heteroatoms. The van der Waals surface area contributed by atoms with Gasteiger partial charge in [-0.3, -0.25) is 4.79 Å². The van der Waals surface area contributed by atoms with Crippen LogP contribution in [0.5, 0.6) is 5.75 Å². The first-order valence-electron chi connectivity index (χ1n) is 7.16. The number of hydrogen-bond acceptors (Lipinski definition) is 5. The minimum absolute atomic E-state index is 0.00942. The lowest BCUT2D eigenvalue weighted by Gasteiger charge is -2.10. The highest BCUT2D eigenvalue weighted by molar-refractivity contribution is 7.86. The molecule has 0 aliphatic carbocycles. The predicted octanol–water partition coefficient (Wildman–Crippen LogP) is 3.11. The second-order valence-electron chi connectivity index (χ2n) is 5.22. The first-order valence-corrected chi connectivity index (χ1v) is 9.36. The maximum absolute atomic E-state index is 12.4. The van der Waals surface area contributed by atoms with Crippen molar-refractivity contribution < 1.29 is 30.6 Å². The first kappa shape index (κ1) is 20.7. The molecule has 144 valence electrons. The third-order valence-electron chi connectivity index (χ3n) is 3.02. The molecule has 0 saturated heterocycles. The molecule has 0 unspecified atom stereocenters. The molecule has 0 aliphatic heterocycles. The Morgan fingerprint density at radius 2 is 1.52 bits per heavy atom. The van der Waals surface area contributed by atoms with Crippen molar-refractivity contribution in [1.82, 2.24) is 5.43 Å². The minimum atomic E-state index is -5.10. The van der Waals surface area contributed by atoms with Gasteiger partial charge in [0.2, 0.25) is 0 Å². The maximum Gasteiger partial charge on any atom is 0.473 e. The molecule has 6 nitrogen and oxygen atoms in total. The molecule has 1 amide bonds. The summed E-state index contributed by atoms with van der Waals surface area (Å²) in [6.45, 7) is 0. The van der Waals surface area contributed by atoms with E-state index in [2.05, 4.69) is 5.10 Å². The van der Waals surface area contributed by atoms with Crippen LogP contribution >= 0.6 is 11.6 Å². The molecule has 2 rings (SSSR count). The number of alkyl halides is 3. The van der Waals surface area contributed by atoms with Crippen LogP contribution in [0.15, 0.2) is 53.6 Å². The summed E-state index contributed by atoms with van der Waals surface area (Å²) in [7, 11) is -3.73. The van der Waals surface area contributed by atoms with E-state index in [1.54, 1.807) is 0 Å². The second kappa shape index (κ2) is 7.97. The third kappa shape index (κ3) is 6.26. The average Bonchev–Trinajstić information content (AvgIpc) is 2.55. The molecule has 2 aromatic carbocycles. The standard InChI is InChI=1S/C16H12ClF3N2O4S/c1-27(24,25)26-13-8-4-11(5-9-13)14(10-2-6-12(17)7-3-10)21-22-15(23)16(18,19)20/h2-9H,1H3,(H,22,23)/b21-14+. The van der Waals surface area contributed by atoms with Crippen LogP contribution in [0.3, 0.4) is 0 Å². The van der Waals surface area contributed by atoms with Gasteiger partial charge in [-0.25, -0.2) is 5.43 Å². The van der Waals surface area contributed by atoms with E-state index < -0.39 is 22.2 Å². The van der Waals surface area contributed by atoms with Gasteiger partial charge in [-0.2, -0.15) is 26.7 Å². The zero-order chi connectivity index (χ0) is 20.2. The monoisotopic (exact) mass is 420 g/mol. The van der Waals surface area contributed by atoms with Gasteiger partial charge in [0.05, 0.1) is 12.0 Å². The van der Waals surface area contributed by atoms with E-state index in [4.69, 9.17) is 15.8 Å². The fourth-order valence-electron chi connectivity index (χ4n) is 1.92. The van der Waals surface area contributed by atoms with Crippen molar-refractivity contribution in [2.24, 2.45) is 5.10 Å². The molecular weight excluding hydrogens is 409 g/mol. The zero-order valence-corrected chi connectivity index (χ0v) is 15.2. The van der Waals surface area contributed by atoms with Crippen molar-refractivity contribution in [3.8, 4) is 5.75 Å². The average molecular weight is 421 g/mol. The number of halogens is 4. The number of nitrogens with zero attached hydrogens (tertiary/aromatic N) is 1. The third-order valence-corrected chi connectivity index (χ3v) is 3.77. The van der Waals surface area contributed by atoms with E-state index >= 15 is 0 Å². The van der Waals surface area contributed by atoms with E-state index in [0.29, 0.717) is 16.1 Å². The molecule has 1 N–H and O–H groups in total. The van der Waals surface area contributed by atoms with Crippen LogP contribution in [-0.2, 0) is 14.9 Å². The Hall–Kier alpha value is -2.59. The summed E-state index contributed by atoms with van der Waals surface area (Å²) >= 11 is 5.80. The summed E-state index contributed by atoms with van der Waals surface area (Å²) in [6.07, 6.45) is -4.23. The summed E-state index contributed by atoms with van der Waals surface area (Å²) < 4.78 is 64.1. The van der Waals surface area contributed by atoms with Gasteiger partial charge in [-0.15, -0.1) is 0 Å². The molecule has 0 heterocycles. The Bertz CT molecular complexity index is 957. The lowest BCUT2D eigenvalue weighted by molar-refractivity contribution is -0.173. The highest BCUT2D eigenvalue weighted by Crippen LogP contribution is 2.19. The van der Waals surface area contributed by atoms with E-state index in [1.165, 1.54) is 54.0 Å². The van der Waals surface area contributed by atoms with Crippen molar-refractivity contribution in [1.29, 1.82) is 0 Å². The highest BCUT2D eigenvalue weighted by atomic mass is 35.5. The van der Waals surface area contributed by atoms with Gasteiger partial charge >= 0.3 is 22.2 Å². The number of nitrogens with one attached hydrogen (secondary N) is 1. The highest BCUT2D eigenvalue weighted by Gasteiger charge is 2.38. The van der Waals surface area contributed by atoms with Crippen LogP contribution in [0.25, 0.3) is 0 Å². The Morgan fingerprint density at radius 1 is 1.04 bits per heavy atom. The van der Waals surface area contributed by atoms with E-state index in [-0.39, 0.29) is 11.5 Å². The van der Waals surface area contributed by atoms with Crippen LogP contribution in [0, 0.1) is 0 Å². The van der Waals surface area contributed by atoms with Crippen molar-refractivity contribution in [2.45, 2.75) is 6.18 Å². The van der Waals surface area contributed by atoms with Gasteiger partial charge in [0.25, 0.3) is 0 Å². The van der Waals surface area contributed by atoms with Crippen LogP contribution in [0.2, 0.25) is 5.02 Å². The number of carbonyl (C=O) groups is 1. The molecule has 0 atom stereocenters. The van der Waals surface area contributed by atoms with Crippen LogP contribution in [0.1, 0.15) is 11.1 Å². The fraction of sp³-hybridized carbons (Fsp3) is 0.125. The lowest BCUT2D eigenvalue weighted by atomic mass is 10.0. The topological polar surface area (TPSA) is 84.8 Å².